The van der Waals surface area contributed by atoms with E-state index < -0.39 is 28.2 Å². The summed E-state index contributed by atoms with van der Waals surface area (Å²) < 4.78 is 12.4. The molecule has 6 nitrogen and oxygen atoms in total. The molecule has 1 rings (SSSR count). The molecule has 1 heterocycles. The highest BCUT2D eigenvalue weighted by Gasteiger charge is 2.20. The number of nitro groups is 1. The monoisotopic (exact) mass is 185 g/mol. The molecule has 68 valence electrons. The minimum absolute atomic E-state index is 0.603. The van der Waals surface area contributed by atoms with Crippen molar-refractivity contribution in [1.82, 2.24) is 4.98 Å². The Morgan fingerprint density at radius 2 is 2.23 bits per heavy atom. The molecule has 2 N–H and O–H groups in total. The molecule has 0 bridgehead atoms. The Morgan fingerprint density at radius 3 is 2.69 bits per heavy atom. The van der Waals surface area contributed by atoms with E-state index in [-0.39, 0.29) is 0 Å². The number of pyridine rings is 1. The summed E-state index contributed by atoms with van der Waals surface area (Å²) in [6.45, 7) is 0. The first-order chi connectivity index (χ1) is 6.02. The van der Waals surface area contributed by atoms with Crippen LogP contribution in [0.25, 0.3) is 0 Å². The van der Waals surface area contributed by atoms with Crippen LogP contribution in [0.3, 0.4) is 0 Å². The van der Waals surface area contributed by atoms with Crippen LogP contribution in [-0.4, -0.2) is 15.8 Å². The van der Waals surface area contributed by atoms with Gasteiger partial charge in [0, 0.05) is 12.1 Å². The van der Waals surface area contributed by atoms with Gasteiger partial charge in [0.1, 0.15) is 0 Å². The zero-order valence-corrected chi connectivity index (χ0v) is 6.23. The second kappa shape index (κ2) is 3.13. The smallest absolute Gasteiger partial charge is 0.300 e. The van der Waals surface area contributed by atoms with E-state index in [1.165, 1.54) is 0 Å². The molecule has 0 aromatic carbocycles. The zero-order chi connectivity index (χ0) is 10.0. The van der Waals surface area contributed by atoms with E-state index in [1.54, 1.807) is 0 Å². The summed E-state index contributed by atoms with van der Waals surface area (Å²) in [5.74, 6) is -2.12. The van der Waals surface area contributed by atoms with Crippen LogP contribution in [0.1, 0.15) is 10.5 Å². The number of nitrogens with two attached hydrogens (primary N) is 1. The SMILES string of the molecule is NC(=O)c1nc(F)ccc1[N+](=O)[O-]. The molecular weight excluding hydrogens is 181 g/mol. The number of primary amides is 1. The first-order valence-corrected chi connectivity index (χ1v) is 3.13. The van der Waals surface area contributed by atoms with Gasteiger partial charge in [-0.05, 0) is 0 Å². The third kappa shape index (κ3) is 1.75. The van der Waals surface area contributed by atoms with E-state index in [2.05, 4.69) is 4.98 Å². The fourth-order valence-corrected chi connectivity index (χ4v) is 0.757. The van der Waals surface area contributed by atoms with Gasteiger partial charge < -0.3 is 5.73 Å². The van der Waals surface area contributed by atoms with Crippen LogP contribution in [0, 0.1) is 16.1 Å². The van der Waals surface area contributed by atoms with Gasteiger partial charge in [-0.25, -0.2) is 4.98 Å². The van der Waals surface area contributed by atoms with Gasteiger partial charge in [-0.3, -0.25) is 14.9 Å². The molecule has 0 aliphatic heterocycles. The number of aromatic nitrogens is 1. The van der Waals surface area contributed by atoms with Crippen molar-refractivity contribution in [3.8, 4) is 0 Å². The summed E-state index contributed by atoms with van der Waals surface area (Å²) >= 11 is 0. The number of carbonyl (C=O) groups excluding carboxylic acids is 1. The van der Waals surface area contributed by atoms with E-state index in [1.807, 2.05) is 0 Å². The van der Waals surface area contributed by atoms with Crippen LogP contribution in [0.15, 0.2) is 12.1 Å². The molecule has 0 unspecified atom stereocenters. The Morgan fingerprint density at radius 1 is 1.62 bits per heavy atom. The number of rotatable bonds is 2. The van der Waals surface area contributed by atoms with Crippen LogP contribution in [0.2, 0.25) is 0 Å². The predicted octanol–water partition coefficient (Wildman–Crippen LogP) is 0.228. The molecule has 0 fully saturated rings. The second-order valence-electron chi connectivity index (χ2n) is 2.12. The molecule has 0 saturated carbocycles. The third-order valence-electron chi connectivity index (χ3n) is 1.27. The minimum atomic E-state index is -1.13. The molecule has 0 aliphatic rings. The fourth-order valence-electron chi connectivity index (χ4n) is 0.757. The fraction of sp³-hybridized carbons (Fsp3) is 0. The van der Waals surface area contributed by atoms with Gasteiger partial charge in [-0.2, -0.15) is 4.39 Å². The van der Waals surface area contributed by atoms with E-state index in [0.29, 0.717) is 0 Å². The lowest BCUT2D eigenvalue weighted by Crippen LogP contribution is -2.16. The highest BCUT2D eigenvalue weighted by molar-refractivity contribution is 5.94. The highest BCUT2D eigenvalue weighted by Crippen LogP contribution is 2.15. The van der Waals surface area contributed by atoms with E-state index >= 15 is 0 Å². The molecule has 13 heavy (non-hydrogen) atoms. The standard InChI is InChI=1S/C6H4FN3O3/c7-4-2-1-3(10(12)13)5(9-4)6(8)11/h1-2H,(H2,8,11). The summed E-state index contributed by atoms with van der Waals surface area (Å²) in [6, 6.07) is 1.62. The number of halogens is 1. The number of carbonyl (C=O) groups is 1. The lowest BCUT2D eigenvalue weighted by atomic mass is 10.3. The summed E-state index contributed by atoms with van der Waals surface area (Å²) in [6.07, 6.45) is 0. The Balaban J connectivity index is 3.35. The Labute approximate surface area is 71.3 Å². The van der Waals surface area contributed by atoms with Gasteiger partial charge in [0.25, 0.3) is 5.91 Å². The van der Waals surface area contributed by atoms with Crippen molar-refractivity contribution in [2.24, 2.45) is 5.73 Å². The van der Waals surface area contributed by atoms with Crippen LogP contribution >= 0.6 is 0 Å². The van der Waals surface area contributed by atoms with Crippen molar-refractivity contribution in [2.45, 2.75) is 0 Å². The van der Waals surface area contributed by atoms with E-state index in [4.69, 9.17) is 5.73 Å². The van der Waals surface area contributed by atoms with Gasteiger partial charge in [-0.15, -0.1) is 0 Å². The zero-order valence-electron chi connectivity index (χ0n) is 6.23. The predicted molar refractivity (Wildman–Crippen MR) is 39.4 cm³/mol. The van der Waals surface area contributed by atoms with Crippen molar-refractivity contribution in [3.05, 3.63) is 33.9 Å². The molecular formula is C6H4FN3O3. The summed E-state index contributed by atoms with van der Waals surface area (Å²) in [7, 11) is 0. The Hall–Kier alpha value is -2.05. The molecule has 0 radical (unpaired) electrons. The molecule has 0 saturated heterocycles. The largest absolute Gasteiger partial charge is 0.364 e. The maximum absolute atomic E-state index is 12.4. The quantitative estimate of drug-likeness (QED) is 0.404. The maximum Gasteiger partial charge on any atom is 0.300 e. The molecule has 1 amide bonds. The average molecular weight is 185 g/mol. The summed E-state index contributed by atoms with van der Waals surface area (Å²) in [4.78, 5) is 23.0. The van der Waals surface area contributed by atoms with Crippen molar-refractivity contribution < 1.29 is 14.1 Å². The molecule has 0 spiro atoms. The topological polar surface area (TPSA) is 99.1 Å². The van der Waals surface area contributed by atoms with Gasteiger partial charge >= 0.3 is 5.69 Å². The molecule has 1 aromatic heterocycles. The third-order valence-corrected chi connectivity index (χ3v) is 1.27. The number of hydrogen-bond acceptors (Lipinski definition) is 4. The number of hydrogen-bond donors (Lipinski definition) is 1. The first-order valence-electron chi connectivity index (χ1n) is 3.13. The number of amides is 1. The van der Waals surface area contributed by atoms with E-state index in [9.17, 15) is 19.3 Å². The van der Waals surface area contributed by atoms with Crippen LogP contribution < -0.4 is 5.73 Å². The van der Waals surface area contributed by atoms with Gasteiger partial charge in [0.05, 0.1) is 4.92 Å². The van der Waals surface area contributed by atoms with Crippen molar-refractivity contribution in [3.63, 3.8) is 0 Å². The van der Waals surface area contributed by atoms with Crippen molar-refractivity contribution >= 4 is 11.6 Å². The summed E-state index contributed by atoms with van der Waals surface area (Å²) in [5, 5.41) is 10.3. The second-order valence-corrected chi connectivity index (χ2v) is 2.12. The van der Waals surface area contributed by atoms with Gasteiger partial charge in [0.2, 0.25) is 11.6 Å². The number of nitrogens with zero attached hydrogens (tertiary/aromatic N) is 2. The molecule has 1 aromatic rings. The highest BCUT2D eigenvalue weighted by atomic mass is 19.1. The molecule has 0 atom stereocenters. The molecule has 0 aliphatic carbocycles. The Kier molecular flexibility index (Phi) is 2.18. The van der Waals surface area contributed by atoms with Crippen LogP contribution in [0.5, 0.6) is 0 Å². The van der Waals surface area contributed by atoms with Crippen molar-refractivity contribution in [2.75, 3.05) is 0 Å². The van der Waals surface area contributed by atoms with Gasteiger partial charge in [-0.1, -0.05) is 0 Å². The normalized spacial score (nSPS) is 9.62. The lowest BCUT2D eigenvalue weighted by molar-refractivity contribution is -0.385. The van der Waals surface area contributed by atoms with Crippen LogP contribution in [-0.2, 0) is 0 Å². The van der Waals surface area contributed by atoms with E-state index in [0.717, 1.165) is 12.1 Å². The molecule has 7 heteroatoms. The Bertz CT molecular complexity index is 379. The summed E-state index contributed by atoms with van der Waals surface area (Å²) in [5.41, 5.74) is 3.47. The minimum Gasteiger partial charge on any atom is -0.364 e. The van der Waals surface area contributed by atoms with Gasteiger partial charge in [0.15, 0.2) is 0 Å². The average Bonchev–Trinajstić information content (AvgIpc) is 2.03. The maximum atomic E-state index is 12.4. The lowest BCUT2D eigenvalue weighted by Gasteiger charge is -1.96. The van der Waals surface area contributed by atoms with Crippen LogP contribution in [0.4, 0.5) is 10.1 Å². The first kappa shape index (κ1) is 9.04. The van der Waals surface area contributed by atoms with Crippen molar-refractivity contribution in [1.29, 1.82) is 0 Å².